The van der Waals surface area contributed by atoms with E-state index in [2.05, 4.69) is 15.9 Å². The number of benzene rings is 1. The van der Waals surface area contributed by atoms with E-state index < -0.39 is 10.0 Å². The molecule has 8 heteroatoms. The largest absolute Gasteiger partial charge is 0.376 e. The molecule has 0 aromatic heterocycles. The van der Waals surface area contributed by atoms with Crippen molar-refractivity contribution < 1.29 is 13.2 Å². The lowest BCUT2D eigenvalue weighted by atomic mass is 10.1. The van der Waals surface area contributed by atoms with Crippen molar-refractivity contribution in [3.8, 4) is 0 Å². The molecule has 1 amide bonds. The van der Waals surface area contributed by atoms with Crippen molar-refractivity contribution in [2.75, 3.05) is 36.2 Å². The molecule has 1 unspecified atom stereocenters. The van der Waals surface area contributed by atoms with E-state index in [-0.39, 0.29) is 24.0 Å². The van der Waals surface area contributed by atoms with Crippen LogP contribution in [0, 0.1) is 5.92 Å². The minimum Gasteiger partial charge on any atom is -0.376 e. The second-order valence-corrected chi connectivity index (χ2v) is 8.01. The molecule has 116 valence electrons. The Morgan fingerprint density at radius 1 is 1.43 bits per heavy atom. The number of hydrogen-bond donors (Lipinski definition) is 1. The van der Waals surface area contributed by atoms with Crippen LogP contribution in [0.15, 0.2) is 22.7 Å². The number of carbonyl (C=O) groups excluding carboxylic acids is 1. The molecule has 1 aromatic carbocycles. The minimum atomic E-state index is -3.57. The van der Waals surface area contributed by atoms with Gasteiger partial charge in [0.1, 0.15) is 0 Å². The van der Waals surface area contributed by atoms with Crippen molar-refractivity contribution >= 4 is 43.2 Å². The first-order valence-electron chi connectivity index (χ1n) is 6.45. The Balaban J connectivity index is 2.30. The van der Waals surface area contributed by atoms with Crippen LogP contribution < -0.4 is 14.9 Å². The summed E-state index contributed by atoms with van der Waals surface area (Å²) < 4.78 is 23.3. The van der Waals surface area contributed by atoms with Gasteiger partial charge in [-0.2, -0.15) is 0 Å². The van der Waals surface area contributed by atoms with Crippen molar-refractivity contribution in [2.24, 2.45) is 11.1 Å². The monoisotopic (exact) mass is 375 g/mol. The number of nitrogens with two attached hydrogens (primary N) is 1. The molecule has 1 saturated heterocycles. The first-order valence-corrected chi connectivity index (χ1v) is 8.96. The van der Waals surface area contributed by atoms with Gasteiger partial charge < -0.3 is 9.80 Å². The molecule has 0 spiro atoms. The third-order valence-electron chi connectivity index (χ3n) is 3.38. The lowest BCUT2D eigenvalue weighted by Crippen LogP contribution is -2.28. The molecule has 1 fully saturated rings. The number of anilines is 2. The Morgan fingerprint density at radius 2 is 2.10 bits per heavy atom. The van der Waals surface area contributed by atoms with E-state index >= 15 is 0 Å². The lowest BCUT2D eigenvalue weighted by Gasteiger charge is -2.24. The van der Waals surface area contributed by atoms with Crippen molar-refractivity contribution in [1.29, 1.82) is 0 Å². The van der Waals surface area contributed by atoms with Crippen molar-refractivity contribution in [3.05, 3.63) is 22.7 Å². The van der Waals surface area contributed by atoms with Crippen LogP contribution in [0.4, 0.5) is 11.4 Å². The highest BCUT2D eigenvalue weighted by molar-refractivity contribution is 9.10. The first-order chi connectivity index (χ1) is 9.67. The molecule has 1 aliphatic rings. The summed E-state index contributed by atoms with van der Waals surface area (Å²) in [6, 6.07) is 5.69. The molecule has 0 radical (unpaired) electrons. The van der Waals surface area contributed by atoms with Gasteiger partial charge in [-0.1, -0.05) is 15.9 Å². The summed E-state index contributed by atoms with van der Waals surface area (Å²) in [7, 11) is 0.226. The summed E-state index contributed by atoms with van der Waals surface area (Å²) in [5.74, 6) is -0.507. The zero-order valence-electron chi connectivity index (χ0n) is 11.9. The number of sulfonamides is 1. The van der Waals surface area contributed by atoms with Gasteiger partial charge in [-0.15, -0.1) is 0 Å². The fraction of sp³-hybridized carbons (Fsp3) is 0.462. The summed E-state index contributed by atoms with van der Waals surface area (Å²) >= 11 is 3.40. The second-order valence-electron chi connectivity index (χ2n) is 5.43. The maximum atomic E-state index is 12.2. The van der Waals surface area contributed by atoms with E-state index in [0.29, 0.717) is 6.54 Å². The highest BCUT2D eigenvalue weighted by atomic mass is 79.9. The third kappa shape index (κ3) is 3.96. The van der Waals surface area contributed by atoms with Gasteiger partial charge in [-0.05, 0) is 18.2 Å². The molecular formula is C13H18BrN3O3S. The maximum absolute atomic E-state index is 12.2. The Bertz CT molecular complexity index is 661. The van der Waals surface area contributed by atoms with Gasteiger partial charge >= 0.3 is 0 Å². The number of carbonyl (C=O) groups is 1. The van der Waals surface area contributed by atoms with Crippen LogP contribution in [0.25, 0.3) is 0 Å². The molecule has 1 atom stereocenters. The standard InChI is InChI=1S/C13H18BrN3O3S/c1-16(2)11-4-3-10(14)6-12(11)17-7-9(5-13(17)18)8-21(15,19)20/h3-4,6,9H,5,7-8H2,1-2H3,(H2,15,19,20). The predicted molar refractivity (Wildman–Crippen MR) is 86.9 cm³/mol. The number of nitrogens with zero attached hydrogens (tertiary/aromatic N) is 2. The molecule has 0 saturated carbocycles. The molecule has 0 aliphatic carbocycles. The lowest BCUT2D eigenvalue weighted by molar-refractivity contribution is -0.117. The fourth-order valence-corrected chi connectivity index (χ4v) is 3.77. The molecule has 0 bridgehead atoms. The van der Waals surface area contributed by atoms with Crippen LogP contribution in [0.5, 0.6) is 0 Å². The number of halogens is 1. The average molecular weight is 376 g/mol. The summed E-state index contributed by atoms with van der Waals surface area (Å²) in [5.41, 5.74) is 1.68. The van der Waals surface area contributed by atoms with Crippen molar-refractivity contribution in [2.45, 2.75) is 6.42 Å². The van der Waals surface area contributed by atoms with Gasteiger partial charge in [0.25, 0.3) is 0 Å². The van der Waals surface area contributed by atoms with E-state index in [4.69, 9.17) is 5.14 Å². The normalized spacial score (nSPS) is 19.1. The Hall–Kier alpha value is -1.12. The van der Waals surface area contributed by atoms with Gasteiger partial charge in [-0.3, -0.25) is 4.79 Å². The zero-order chi connectivity index (χ0) is 15.8. The van der Waals surface area contributed by atoms with Crippen LogP contribution in [0.3, 0.4) is 0 Å². The number of hydrogen-bond acceptors (Lipinski definition) is 4. The van der Waals surface area contributed by atoms with E-state index in [1.54, 1.807) is 4.90 Å². The quantitative estimate of drug-likeness (QED) is 0.855. The molecule has 1 aromatic rings. The molecule has 1 aliphatic heterocycles. The van der Waals surface area contributed by atoms with Gasteiger partial charge in [-0.25, -0.2) is 13.6 Å². The minimum absolute atomic E-state index is 0.0788. The Morgan fingerprint density at radius 3 is 2.67 bits per heavy atom. The van der Waals surface area contributed by atoms with Gasteiger partial charge in [0.2, 0.25) is 15.9 Å². The number of rotatable bonds is 4. The number of amides is 1. The molecule has 2 N–H and O–H groups in total. The van der Waals surface area contributed by atoms with Crippen LogP contribution in [0.1, 0.15) is 6.42 Å². The molecule has 2 rings (SSSR count). The van der Waals surface area contributed by atoms with Crippen LogP contribution in [0.2, 0.25) is 0 Å². The van der Waals surface area contributed by atoms with E-state index in [0.717, 1.165) is 15.8 Å². The maximum Gasteiger partial charge on any atom is 0.227 e. The second kappa shape index (κ2) is 5.94. The first kappa shape index (κ1) is 16.3. The van der Waals surface area contributed by atoms with E-state index in [1.165, 1.54) is 0 Å². The van der Waals surface area contributed by atoms with Crippen LogP contribution in [-0.4, -0.2) is 40.7 Å². The predicted octanol–water partition coefficient (Wildman–Crippen LogP) is 1.16. The Kier molecular flexibility index (Phi) is 4.60. The fourth-order valence-electron chi connectivity index (χ4n) is 2.55. The molecular weight excluding hydrogens is 358 g/mol. The smallest absolute Gasteiger partial charge is 0.227 e. The summed E-state index contributed by atoms with van der Waals surface area (Å²) in [4.78, 5) is 15.8. The number of primary sulfonamides is 1. The van der Waals surface area contributed by atoms with Crippen molar-refractivity contribution in [1.82, 2.24) is 0 Å². The highest BCUT2D eigenvalue weighted by Crippen LogP contribution is 2.35. The zero-order valence-corrected chi connectivity index (χ0v) is 14.3. The van der Waals surface area contributed by atoms with Gasteiger partial charge in [0.15, 0.2) is 0 Å². The van der Waals surface area contributed by atoms with E-state index in [1.807, 2.05) is 37.2 Å². The SMILES string of the molecule is CN(C)c1ccc(Br)cc1N1CC(CS(N)(=O)=O)CC1=O. The topological polar surface area (TPSA) is 83.7 Å². The molecule has 21 heavy (non-hydrogen) atoms. The summed E-state index contributed by atoms with van der Waals surface area (Å²) in [6.45, 7) is 0.368. The van der Waals surface area contributed by atoms with Gasteiger partial charge in [0, 0.05) is 37.5 Å². The van der Waals surface area contributed by atoms with Crippen LogP contribution in [-0.2, 0) is 14.8 Å². The van der Waals surface area contributed by atoms with Crippen LogP contribution >= 0.6 is 15.9 Å². The molecule has 6 nitrogen and oxygen atoms in total. The average Bonchev–Trinajstić information content (AvgIpc) is 2.66. The van der Waals surface area contributed by atoms with E-state index in [9.17, 15) is 13.2 Å². The Labute approximate surface area is 133 Å². The van der Waals surface area contributed by atoms with Gasteiger partial charge in [0.05, 0.1) is 17.1 Å². The third-order valence-corrected chi connectivity index (χ3v) is 4.81. The summed E-state index contributed by atoms with van der Waals surface area (Å²) in [5, 5.41) is 5.07. The highest BCUT2D eigenvalue weighted by Gasteiger charge is 2.34. The van der Waals surface area contributed by atoms with Crippen molar-refractivity contribution in [3.63, 3.8) is 0 Å². The summed E-state index contributed by atoms with van der Waals surface area (Å²) in [6.07, 6.45) is 0.204. The molecule has 1 heterocycles.